The lowest BCUT2D eigenvalue weighted by Gasteiger charge is -2.63. The van der Waals surface area contributed by atoms with Crippen LogP contribution in [0.15, 0.2) is 11.6 Å². The molecule has 0 unspecified atom stereocenters. The van der Waals surface area contributed by atoms with E-state index in [1.165, 1.54) is 27.7 Å². The number of esters is 1. The van der Waals surface area contributed by atoms with Crippen molar-refractivity contribution in [3.8, 4) is 0 Å². The molecule has 0 saturated heterocycles. The van der Waals surface area contributed by atoms with E-state index in [1.807, 2.05) is 13.8 Å². The molecule has 0 radical (unpaired) electrons. The molecule has 0 aromatic carbocycles. The van der Waals surface area contributed by atoms with Gasteiger partial charge in [-0.2, -0.15) is 0 Å². The lowest BCUT2D eigenvalue weighted by molar-refractivity contribution is -0.183. The van der Waals surface area contributed by atoms with E-state index in [2.05, 4.69) is 0 Å². The van der Waals surface area contributed by atoms with Crippen LogP contribution in [-0.4, -0.2) is 67.2 Å². The first kappa shape index (κ1) is 33.9. The molecule has 10 nitrogen and oxygen atoms in total. The minimum Gasteiger partial charge on any atom is -0.481 e. The Balaban J connectivity index is 2.07. The van der Waals surface area contributed by atoms with Crippen LogP contribution in [0.1, 0.15) is 101 Å². The van der Waals surface area contributed by atoms with Crippen LogP contribution in [0.5, 0.6) is 0 Å². The molecule has 4 N–H and O–H groups in total. The summed E-state index contributed by atoms with van der Waals surface area (Å²) in [4.78, 5) is 63.6. The summed E-state index contributed by atoms with van der Waals surface area (Å²) in [5.41, 5.74) is -7.00. The second-order valence-electron chi connectivity index (χ2n) is 14.9. The van der Waals surface area contributed by atoms with Gasteiger partial charge in [-0.25, -0.2) is 0 Å². The molecule has 10 heteroatoms. The van der Waals surface area contributed by atoms with Crippen molar-refractivity contribution >= 4 is 29.5 Å². The Morgan fingerprint density at radius 1 is 1.02 bits per heavy atom. The molecule has 0 aliphatic heterocycles. The van der Waals surface area contributed by atoms with Crippen molar-refractivity contribution in [1.29, 1.82) is 0 Å². The van der Waals surface area contributed by atoms with Crippen LogP contribution >= 0.6 is 0 Å². The standard InChI is InChI=1S/C32H48O10/c1-17(33)42-27(2,3)13-12-22(35)32(9,41)25-20(34)15-29(6)21-11-10-18(28(4,5)26(39)40)19(14-24(37)38)31(21,8)23(36)16-30(25,29)7/h10,19-21,25,34,41H,11-16H2,1-9H3,(H,37,38)(H,39,40)/t19-,20+,21+,25+,29-,30+,31-,32-/m0/s1. The predicted molar refractivity (Wildman–Crippen MR) is 152 cm³/mol. The van der Waals surface area contributed by atoms with Gasteiger partial charge in [0.2, 0.25) is 0 Å². The topological polar surface area (TPSA) is 176 Å². The molecule has 0 amide bonds. The highest BCUT2D eigenvalue weighted by molar-refractivity contribution is 5.91. The number of carbonyl (C=O) groups is 5. The monoisotopic (exact) mass is 592 g/mol. The largest absolute Gasteiger partial charge is 0.481 e. The third kappa shape index (κ3) is 5.12. The molecule has 236 valence electrons. The number of aliphatic hydroxyl groups is 2. The van der Waals surface area contributed by atoms with Crippen LogP contribution in [-0.2, 0) is 28.7 Å². The first-order valence-corrected chi connectivity index (χ1v) is 14.7. The van der Waals surface area contributed by atoms with Crippen molar-refractivity contribution in [2.45, 2.75) is 118 Å². The Morgan fingerprint density at radius 2 is 1.60 bits per heavy atom. The van der Waals surface area contributed by atoms with Gasteiger partial charge < -0.3 is 25.2 Å². The molecule has 2 saturated carbocycles. The number of rotatable bonds is 10. The number of ketones is 2. The van der Waals surface area contributed by atoms with Gasteiger partial charge >= 0.3 is 17.9 Å². The van der Waals surface area contributed by atoms with Crippen LogP contribution in [0.25, 0.3) is 0 Å². The van der Waals surface area contributed by atoms with Crippen LogP contribution < -0.4 is 0 Å². The highest BCUT2D eigenvalue weighted by atomic mass is 16.6. The van der Waals surface area contributed by atoms with E-state index in [0.29, 0.717) is 12.0 Å². The third-order valence-electron chi connectivity index (χ3n) is 11.5. The van der Waals surface area contributed by atoms with E-state index < -0.39 is 86.8 Å². The number of hydrogen-bond donors (Lipinski definition) is 4. The molecule has 3 rings (SSSR count). The van der Waals surface area contributed by atoms with Gasteiger partial charge in [0.15, 0.2) is 5.78 Å². The average Bonchev–Trinajstić information content (AvgIpc) is 3.02. The van der Waals surface area contributed by atoms with Crippen molar-refractivity contribution < 1.29 is 49.1 Å². The van der Waals surface area contributed by atoms with E-state index in [9.17, 15) is 44.4 Å². The lowest BCUT2D eigenvalue weighted by Crippen LogP contribution is -2.64. The minimum absolute atomic E-state index is 0.114. The Bertz CT molecular complexity index is 1210. The maximum absolute atomic E-state index is 14.3. The summed E-state index contributed by atoms with van der Waals surface area (Å²) in [6.45, 7) is 14.5. The molecule has 0 spiro atoms. The van der Waals surface area contributed by atoms with Crippen LogP contribution in [0, 0.1) is 39.4 Å². The zero-order valence-corrected chi connectivity index (χ0v) is 26.4. The van der Waals surface area contributed by atoms with E-state index >= 15 is 0 Å². The Kier molecular flexibility index (Phi) is 8.51. The molecule has 2 fully saturated rings. The normalized spacial score (nSPS) is 36.3. The van der Waals surface area contributed by atoms with Gasteiger partial charge in [0, 0.05) is 37.0 Å². The van der Waals surface area contributed by atoms with Crippen molar-refractivity contribution in [3.63, 3.8) is 0 Å². The lowest BCUT2D eigenvalue weighted by atomic mass is 9.39. The highest BCUT2D eigenvalue weighted by Gasteiger charge is 2.74. The maximum atomic E-state index is 14.3. The SMILES string of the molecule is CC(=O)OC(C)(C)CCC(=O)[C@](C)(O)[C@@H]1[C@H](O)C[C@@]2(C)[C@H]3CC=C(C(C)(C)C(=O)O)[C@H](CC(=O)O)[C@]3(C)C(=O)C[C@]12C. The predicted octanol–water partition coefficient (Wildman–Crippen LogP) is 3.95. The number of aliphatic hydroxyl groups excluding tert-OH is 1. The second kappa shape index (κ2) is 10.5. The summed E-state index contributed by atoms with van der Waals surface area (Å²) >= 11 is 0. The van der Waals surface area contributed by atoms with E-state index in [0.717, 1.165) is 0 Å². The Hall–Kier alpha value is -2.59. The number of carboxylic acid groups (broad SMARTS) is 2. The number of fused-ring (bicyclic) bond motifs is 3. The zero-order valence-electron chi connectivity index (χ0n) is 26.4. The number of carbonyl (C=O) groups excluding carboxylic acids is 3. The summed E-state index contributed by atoms with van der Waals surface area (Å²) in [5.74, 6) is -5.89. The maximum Gasteiger partial charge on any atom is 0.313 e. The minimum atomic E-state index is -2.01. The molecule has 3 aliphatic rings. The summed E-state index contributed by atoms with van der Waals surface area (Å²) in [7, 11) is 0. The summed E-state index contributed by atoms with van der Waals surface area (Å²) in [6, 6.07) is 0. The first-order chi connectivity index (χ1) is 18.9. The van der Waals surface area contributed by atoms with Gasteiger partial charge in [0.05, 0.1) is 17.9 Å². The second-order valence-corrected chi connectivity index (χ2v) is 14.9. The Morgan fingerprint density at radius 3 is 2.10 bits per heavy atom. The summed E-state index contributed by atoms with van der Waals surface area (Å²) in [6.07, 6.45) is 0.605. The van der Waals surface area contributed by atoms with Gasteiger partial charge in [-0.05, 0) is 70.6 Å². The molecule has 0 aromatic heterocycles. The third-order valence-corrected chi connectivity index (χ3v) is 11.5. The van der Waals surface area contributed by atoms with Gasteiger partial charge in [-0.3, -0.25) is 24.0 Å². The van der Waals surface area contributed by atoms with Crippen molar-refractivity contribution in [2.75, 3.05) is 0 Å². The molecule has 0 aromatic rings. The first-order valence-electron chi connectivity index (χ1n) is 14.7. The number of ether oxygens (including phenoxy) is 1. The van der Waals surface area contributed by atoms with Crippen molar-refractivity contribution in [2.24, 2.45) is 39.4 Å². The van der Waals surface area contributed by atoms with Crippen LogP contribution in [0.4, 0.5) is 0 Å². The molecular formula is C32H48O10. The smallest absolute Gasteiger partial charge is 0.313 e. The number of aliphatic carboxylic acids is 2. The van der Waals surface area contributed by atoms with Gasteiger partial charge in [0.25, 0.3) is 0 Å². The molecule has 42 heavy (non-hydrogen) atoms. The fourth-order valence-corrected chi connectivity index (χ4v) is 9.04. The number of hydrogen-bond acceptors (Lipinski definition) is 8. The fraction of sp³-hybridized carbons (Fsp3) is 0.781. The Labute approximate surface area is 247 Å². The van der Waals surface area contributed by atoms with Crippen molar-refractivity contribution in [3.05, 3.63) is 11.6 Å². The van der Waals surface area contributed by atoms with Gasteiger partial charge in [-0.1, -0.05) is 32.4 Å². The number of allylic oxidation sites excluding steroid dienone is 1. The van der Waals surface area contributed by atoms with Gasteiger partial charge in [0.1, 0.15) is 17.0 Å². The van der Waals surface area contributed by atoms with Crippen LogP contribution in [0.3, 0.4) is 0 Å². The highest BCUT2D eigenvalue weighted by Crippen LogP contribution is 2.73. The number of carboxylic acids is 2. The van der Waals surface area contributed by atoms with Gasteiger partial charge in [-0.15, -0.1) is 0 Å². The molecule has 8 atom stereocenters. The molecule has 0 bridgehead atoms. The van der Waals surface area contributed by atoms with E-state index in [1.54, 1.807) is 26.8 Å². The van der Waals surface area contributed by atoms with Crippen LogP contribution in [0.2, 0.25) is 0 Å². The number of Topliss-reactive ketones (excluding diaryl/α,β-unsaturated/α-hetero) is 2. The average molecular weight is 593 g/mol. The molecule has 0 heterocycles. The van der Waals surface area contributed by atoms with E-state index in [-0.39, 0.29) is 31.5 Å². The molecular weight excluding hydrogens is 544 g/mol. The fourth-order valence-electron chi connectivity index (χ4n) is 9.04. The summed E-state index contributed by atoms with van der Waals surface area (Å²) in [5, 5.41) is 43.2. The van der Waals surface area contributed by atoms with Crippen molar-refractivity contribution in [1.82, 2.24) is 0 Å². The summed E-state index contributed by atoms with van der Waals surface area (Å²) < 4.78 is 5.29. The van der Waals surface area contributed by atoms with E-state index in [4.69, 9.17) is 4.74 Å². The quantitative estimate of drug-likeness (QED) is 0.215. The molecule has 3 aliphatic carbocycles. The zero-order chi connectivity index (χ0) is 32.4.